The number of benzene rings is 2. The number of nitrogens with zero attached hydrogens (tertiary/aromatic N) is 2. The van der Waals surface area contributed by atoms with Crippen LogP contribution in [0.1, 0.15) is 28.5 Å². The molecule has 0 saturated carbocycles. The van der Waals surface area contributed by atoms with E-state index >= 15 is 0 Å². The van der Waals surface area contributed by atoms with Gasteiger partial charge in [0.2, 0.25) is 10.0 Å². The van der Waals surface area contributed by atoms with Gasteiger partial charge in [0.1, 0.15) is 5.82 Å². The molecule has 0 atom stereocenters. The third-order valence-electron chi connectivity index (χ3n) is 4.48. The Balaban J connectivity index is 1.74. The fourth-order valence-corrected chi connectivity index (χ4v) is 3.62. The quantitative estimate of drug-likeness (QED) is 0.619. The summed E-state index contributed by atoms with van der Waals surface area (Å²) in [5, 5.41) is 7.09. The van der Waals surface area contributed by atoms with Crippen molar-refractivity contribution in [2.75, 3.05) is 7.05 Å². The Kier molecular flexibility index (Phi) is 6.09. The Labute approximate surface area is 168 Å². The number of hydrogen-bond donors (Lipinski definition) is 2. The Morgan fingerprint density at radius 2 is 1.76 bits per heavy atom. The highest BCUT2D eigenvalue weighted by Gasteiger charge is 2.17. The van der Waals surface area contributed by atoms with Gasteiger partial charge in [-0.2, -0.15) is 5.10 Å². The minimum Gasteiger partial charge on any atom is -0.348 e. The molecule has 1 aromatic heterocycles. The monoisotopic (exact) mass is 416 g/mol. The average molecular weight is 416 g/mol. The predicted molar refractivity (Wildman–Crippen MR) is 107 cm³/mol. The molecule has 2 aromatic carbocycles. The molecule has 0 bridgehead atoms. The maximum absolute atomic E-state index is 13.2. The van der Waals surface area contributed by atoms with Gasteiger partial charge in [0, 0.05) is 6.54 Å². The molecule has 7 nitrogen and oxygen atoms in total. The fraction of sp³-hybridized carbons (Fsp3) is 0.200. The summed E-state index contributed by atoms with van der Waals surface area (Å²) in [5.41, 5.74) is 2.58. The second-order valence-corrected chi connectivity index (χ2v) is 8.17. The van der Waals surface area contributed by atoms with E-state index in [2.05, 4.69) is 15.1 Å². The zero-order valence-corrected chi connectivity index (χ0v) is 16.8. The van der Waals surface area contributed by atoms with Crippen molar-refractivity contribution in [2.45, 2.75) is 24.8 Å². The van der Waals surface area contributed by atoms with Crippen molar-refractivity contribution in [3.63, 3.8) is 0 Å². The Morgan fingerprint density at radius 3 is 2.34 bits per heavy atom. The lowest BCUT2D eigenvalue weighted by Gasteiger charge is -2.09. The van der Waals surface area contributed by atoms with E-state index in [0.29, 0.717) is 23.4 Å². The van der Waals surface area contributed by atoms with Crippen LogP contribution in [-0.4, -0.2) is 31.2 Å². The molecule has 0 aliphatic rings. The van der Waals surface area contributed by atoms with Crippen molar-refractivity contribution in [3.8, 4) is 5.69 Å². The number of carbonyl (C=O) groups excluding carboxylic acids is 1. The highest BCUT2D eigenvalue weighted by Crippen LogP contribution is 2.17. The highest BCUT2D eigenvalue weighted by molar-refractivity contribution is 7.89. The molecule has 0 radical (unpaired) electrons. The number of hydrogen-bond acceptors (Lipinski definition) is 4. The van der Waals surface area contributed by atoms with Gasteiger partial charge in [-0.15, -0.1) is 0 Å². The first-order valence-corrected chi connectivity index (χ1v) is 10.5. The first kappa shape index (κ1) is 20.7. The van der Waals surface area contributed by atoms with E-state index in [1.165, 1.54) is 37.5 Å². The van der Waals surface area contributed by atoms with E-state index < -0.39 is 10.0 Å². The number of rotatable bonds is 7. The summed E-state index contributed by atoms with van der Waals surface area (Å²) in [7, 11) is -2.15. The van der Waals surface area contributed by atoms with Crippen molar-refractivity contribution in [2.24, 2.45) is 0 Å². The molecule has 0 aliphatic carbocycles. The molecule has 3 aromatic rings. The Morgan fingerprint density at radius 1 is 1.10 bits per heavy atom. The van der Waals surface area contributed by atoms with Crippen molar-refractivity contribution in [3.05, 3.63) is 77.4 Å². The van der Waals surface area contributed by atoms with Gasteiger partial charge in [0.25, 0.3) is 5.91 Å². The second kappa shape index (κ2) is 8.54. The van der Waals surface area contributed by atoms with Crippen LogP contribution in [-0.2, 0) is 23.0 Å². The summed E-state index contributed by atoms with van der Waals surface area (Å²) < 4.78 is 40.6. The van der Waals surface area contributed by atoms with Crippen LogP contribution >= 0.6 is 0 Å². The van der Waals surface area contributed by atoms with Crippen LogP contribution in [0.25, 0.3) is 5.69 Å². The average Bonchev–Trinajstić information content (AvgIpc) is 3.17. The molecule has 1 amide bonds. The standard InChI is InChI=1S/C20H21FN4O3S/c1-3-19-18(13-24-25(19)16-8-6-15(21)7-9-16)20(26)23-12-14-4-10-17(11-5-14)29(27,28)22-2/h4-11,13,22H,3,12H2,1-2H3,(H,23,26). The number of amides is 1. The van der Waals surface area contributed by atoms with Crippen molar-refractivity contribution < 1.29 is 17.6 Å². The number of aromatic nitrogens is 2. The summed E-state index contributed by atoms with van der Waals surface area (Å²) in [6.45, 7) is 2.15. The lowest BCUT2D eigenvalue weighted by Crippen LogP contribution is -2.24. The lowest BCUT2D eigenvalue weighted by molar-refractivity contribution is 0.0950. The maximum Gasteiger partial charge on any atom is 0.255 e. The molecule has 1 heterocycles. The van der Waals surface area contributed by atoms with Crippen LogP contribution in [0, 0.1) is 5.82 Å². The highest BCUT2D eigenvalue weighted by atomic mass is 32.2. The molecule has 0 aliphatic heterocycles. The summed E-state index contributed by atoms with van der Waals surface area (Å²) in [4.78, 5) is 12.8. The van der Waals surface area contributed by atoms with Gasteiger partial charge in [0.05, 0.1) is 28.0 Å². The van der Waals surface area contributed by atoms with Crippen LogP contribution in [0.2, 0.25) is 0 Å². The van der Waals surface area contributed by atoms with Gasteiger partial charge in [-0.05, 0) is 55.4 Å². The normalized spacial score (nSPS) is 11.4. The van der Waals surface area contributed by atoms with Crippen molar-refractivity contribution in [1.82, 2.24) is 19.8 Å². The molecule has 2 N–H and O–H groups in total. The fourth-order valence-electron chi connectivity index (χ4n) is 2.89. The lowest BCUT2D eigenvalue weighted by atomic mass is 10.1. The van der Waals surface area contributed by atoms with Crippen LogP contribution in [0.15, 0.2) is 59.6 Å². The van der Waals surface area contributed by atoms with Gasteiger partial charge in [0.15, 0.2) is 0 Å². The molecule has 0 unspecified atom stereocenters. The van der Waals surface area contributed by atoms with Crippen LogP contribution in [0.4, 0.5) is 4.39 Å². The molecule has 29 heavy (non-hydrogen) atoms. The van der Waals surface area contributed by atoms with Gasteiger partial charge < -0.3 is 5.32 Å². The van der Waals surface area contributed by atoms with Crippen LogP contribution < -0.4 is 10.0 Å². The van der Waals surface area contributed by atoms with Crippen LogP contribution in [0.3, 0.4) is 0 Å². The van der Waals surface area contributed by atoms with E-state index in [0.717, 1.165) is 5.56 Å². The first-order chi connectivity index (χ1) is 13.9. The number of carbonyl (C=O) groups is 1. The first-order valence-electron chi connectivity index (χ1n) is 8.99. The maximum atomic E-state index is 13.2. The van der Waals surface area contributed by atoms with Crippen molar-refractivity contribution >= 4 is 15.9 Å². The number of nitrogens with one attached hydrogen (secondary N) is 2. The number of sulfonamides is 1. The molecule has 152 valence electrons. The van der Waals surface area contributed by atoms with Gasteiger partial charge in [-0.25, -0.2) is 22.2 Å². The third-order valence-corrected chi connectivity index (χ3v) is 5.91. The smallest absolute Gasteiger partial charge is 0.255 e. The molecule has 0 spiro atoms. The zero-order valence-electron chi connectivity index (χ0n) is 16.0. The summed E-state index contributed by atoms with van der Waals surface area (Å²) >= 11 is 0. The third kappa shape index (κ3) is 4.52. The second-order valence-electron chi connectivity index (χ2n) is 6.28. The van der Waals surface area contributed by atoms with E-state index in [9.17, 15) is 17.6 Å². The molecular weight excluding hydrogens is 395 g/mol. The molecule has 0 saturated heterocycles. The van der Waals surface area contributed by atoms with Gasteiger partial charge in [-0.3, -0.25) is 4.79 Å². The van der Waals surface area contributed by atoms with Crippen LogP contribution in [0.5, 0.6) is 0 Å². The molecular formula is C20H21FN4O3S. The van der Waals surface area contributed by atoms with Gasteiger partial charge in [-0.1, -0.05) is 19.1 Å². The minimum atomic E-state index is -3.50. The molecule has 0 fully saturated rings. The predicted octanol–water partition coefficient (Wildman–Crippen LogP) is 2.41. The summed E-state index contributed by atoms with van der Waals surface area (Å²) in [6, 6.07) is 12.1. The number of halogens is 1. The van der Waals surface area contributed by atoms with Crippen molar-refractivity contribution in [1.29, 1.82) is 0 Å². The van der Waals surface area contributed by atoms with E-state index in [4.69, 9.17) is 0 Å². The minimum absolute atomic E-state index is 0.156. The topological polar surface area (TPSA) is 93.1 Å². The SMILES string of the molecule is CCc1c(C(=O)NCc2ccc(S(=O)(=O)NC)cc2)cnn1-c1ccc(F)cc1. The Hall–Kier alpha value is -3.04. The summed E-state index contributed by atoms with van der Waals surface area (Å²) in [5.74, 6) is -0.632. The van der Waals surface area contributed by atoms with E-state index in [1.54, 1.807) is 28.9 Å². The molecule has 3 rings (SSSR count). The molecule has 9 heteroatoms. The zero-order chi connectivity index (χ0) is 21.0. The van der Waals surface area contributed by atoms with E-state index in [-0.39, 0.29) is 23.2 Å². The van der Waals surface area contributed by atoms with Gasteiger partial charge >= 0.3 is 0 Å². The summed E-state index contributed by atoms with van der Waals surface area (Å²) in [6.07, 6.45) is 2.05. The Bertz CT molecular complexity index is 1110. The van der Waals surface area contributed by atoms with E-state index in [1.807, 2.05) is 6.92 Å². The largest absolute Gasteiger partial charge is 0.348 e.